The van der Waals surface area contributed by atoms with Gasteiger partial charge in [0.1, 0.15) is 5.69 Å². The SMILES string of the molecule is CCn1nc(C)cc1-c1nnc(CCC(=O)N2CCN(Cc3cccc(C)c3)CC2)o1. The average Bonchev–Trinajstić information content (AvgIpc) is 3.38. The molecule has 0 aliphatic carbocycles. The fourth-order valence-corrected chi connectivity index (χ4v) is 4.01. The van der Waals surface area contributed by atoms with Crippen LogP contribution in [0.2, 0.25) is 0 Å². The molecule has 0 radical (unpaired) electrons. The second-order valence-corrected chi connectivity index (χ2v) is 8.13. The average molecular weight is 423 g/mol. The van der Waals surface area contributed by atoms with Gasteiger partial charge in [0.15, 0.2) is 0 Å². The Morgan fingerprint density at radius 1 is 1.10 bits per heavy atom. The molecule has 1 saturated heterocycles. The van der Waals surface area contributed by atoms with Gasteiger partial charge in [-0.25, -0.2) is 0 Å². The first-order valence-electron chi connectivity index (χ1n) is 10.9. The Kier molecular flexibility index (Phi) is 6.46. The van der Waals surface area contributed by atoms with Gasteiger partial charge in [-0.2, -0.15) is 5.10 Å². The van der Waals surface area contributed by atoms with Crippen LogP contribution in [-0.4, -0.2) is 61.9 Å². The molecule has 0 atom stereocenters. The first kappa shape index (κ1) is 21.2. The Balaban J connectivity index is 1.26. The van der Waals surface area contributed by atoms with E-state index in [4.69, 9.17) is 4.42 Å². The molecule has 0 saturated carbocycles. The van der Waals surface area contributed by atoms with Crippen molar-refractivity contribution in [3.63, 3.8) is 0 Å². The monoisotopic (exact) mass is 422 g/mol. The first-order valence-corrected chi connectivity index (χ1v) is 10.9. The Hall–Kier alpha value is -3.00. The van der Waals surface area contributed by atoms with Crippen LogP contribution in [-0.2, 0) is 24.3 Å². The molecule has 1 aliphatic rings. The minimum atomic E-state index is 0.143. The van der Waals surface area contributed by atoms with Crippen molar-refractivity contribution in [2.75, 3.05) is 26.2 Å². The van der Waals surface area contributed by atoms with E-state index in [9.17, 15) is 4.79 Å². The second kappa shape index (κ2) is 9.43. The Labute approximate surface area is 182 Å². The van der Waals surface area contributed by atoms with Gasteiger partial charge in [-0.1, -0.05) is 29.8 Å². The zero-order valence-corrected chi connectivity index (χ0v) is 18.5. The lowest BCUT2D eigenvalue weighted by atomic mass is 10.1. The van der Waals surface area contributed by atoms with Crippen molar-refractivity contribution >= 4 is 5.91 Å². The van der Waals surface area contributed by atoms with Crippen molar-refractivity contribution in [1.82, 2.24) is 29.8 Å². The number of carbonyl (C=O) groups is 1. The van der Waals surface area contributed by atoms with E-state index in [1.54, 1.807) is 0 Å². The molecule has 2 aromatic heterocycles. The van der Waals surface area contributed by atoms with Crippen LogP contribution in [0.1, 0.15) is 36.1 Å². The molecule has 0 N–H and O–H groups in total. The molecule has 164 valence electrons. The smallest absolute Gasteiger partial charge is 0.265 e. The highest BCUT2D eigenvalue weighted by Crippen LogP contribution is 2.20. The van der Waals surface area contributed by atoms with E-state index >= 15 is 0 Å². The second-order valence-electron chi connectivity index (χ2n) is 8.13. The van der Waals surface area contributed by atoms with Crippen LogP contribution in [0.25, 0.3) is 11.6 Å². The summed E-state index contributed by atoms with van der Waals surface area (Å²) in [6.07, 6.45) is 0.833. The number of nitrogens with zero attached hydrogens (tertiary/aromatic N) is 6. The maximum absolute atomic E-state index is 12.7. The zero-order valence-electron chi connectivity index (χ0n) is 18.5. The van der Waals surface area contributed by atoms with Gasteiger partial charge >= 0.3 is 0 Å². The summed E-state index contributed by atoms with van der Waals surface area (Å²) in [5.41, 5.74) is 4.33. The van der Waals surface area contributed by atoms with Crippen molar-refractivity contribution in [3.05, 3.63) is 53.0 Å². The third kappa shape index (κ3) is 5.19. The van der Waals surface area contributed by atoms with Crippen molar-refractivity contribution in [1.29, 1.82) is 0 Å². The maximum atomic E-state index is 12.7. The third-order valence-corrected chi connectivity index (χ3v) is 5.65. The summed E-state index contributed by atoms with van der Waals surface area (Å²) in [6, 6.07) is 10.5. The van der Waals surface area contributed by atoms with Crippen LogP contribution < -0.4 is 0 Å². The van der Waals surface area contributed by atoms with Crippen LogP contribution in [0.5, 0.6) is 0 Å². The maximum Gasteiger partial charge on any atom is 0.265 e. The fraction of sp³-hybridized carbons (Fsp3) is 0.478. The number of aromatic nitrogens is 4. The van der Waals surface area contributed by atoms with Crippen LogP contribution >= 0.6 is 0 Å². The molecule has 4 rings (SSSR count). The summed E-state index contributed by atoms with van der Waals surface area (Å²) in [4.78, 5) is 17.0. The summed E-state index contributed by atoms with van der Waals surface area (Å²) >= 11 is 0. The number of rotatable bonds is 7. The molecule has 1 aliphatic heterocycles. The molecule has 0 bridgehead atoms. The van der Waals surface area contributed by atoms with Crippen molar-refractivity contribution in [2.45, 2.75) is 46.7 Å². The van der Waals surface area contributed by atoms with Crippen molar-refractivity contribution in [3.8, 4) is 11.6 Å². The summed E-state index contributed by atoms with van der Waals surface area (Å²) in [6.45, 7) is 11.0. The fourth-order valence-electron chi connectivity index (χ4n) is 4.01. The molecule has 8 heteroatoms. The van der Waals surface area contributed by atoms with Gasteiger partial charge in [-0.3, -0.25) is 14.4 Å². The molecule has 1 amide bonds. The summed E-state index contributed by atoms with van der Waals surface area (Å²) in [5, 5.41) is 12.7. The molecule has 1 aromatic carbocycles. The van der Waals surface area contributed by atoms with E-state index in [-0.39, 0.29) is 5.91 Å². The quantitative estimate of drug-likeness (QED) is 0.582. The molecule has 3 aromatic rings. The van der Waals surface area contributed by atoms with Crippen LogP contribution in [0.3, 0.4) is 0 Å². The van der Waals surface area contributed by atoms with Gasteiger partial charge in [0.05, 0.1) is 5.69 Å². The number of carbonyl (C=O) groups excluding carboxylic acids is 1. The number of hydrogen-bond acceptors (Lipinski definition) is 6. The van der Waals surface area contributed by atoms with E-state index in [1.807, 2.05) is 29.5 Å². The first-order chi connectivity index (χ1) is 15.0. The van der Waals surface area contributed by atoms with Gasteiger partial charge in [-0.05, 0) is 32.4 Å². The number of aryl methyl sites for hydroxylation is 4. The van der Waals surface area contributed by atoms with Crippen molar-refractivity contribution in [2.24, 2.45) is 0 Å². The molecule has 3 heterocycles. The lowest BCUT2D eigenvalue weighted by Crippen LogP contribution is -2.48. The highest BCUT2D eigenvalue weighted by molar-refractivity contribution is 5.76. The Morgan fingerprint density at radius 2 is 1.90 bits per heavy atom. The Morgan fingerprint density at radius 3 is 2.65 bits per heavy atom. The van der Waals surface area contributed by atoms with Crippen LogP contribution in [0, 0.1) is 13.8 Å². The predicted molar refractivity (Wildman–Crippen MR) is 117 cm³/mol. The summed E-state index contributed by atoms with van der Waals surface area (Å²) in [5.74, 6) is 1.09. The topological polar surface area (TPSA) is 80.3 Å². The molecular weight excluding hydrogens is 392 g/mol. The third-order valence-electron chi connectivity index (χ3n) is 5.65. The highest BCUT2D eigenvalue weighted by atomic mass is 16.4. The van der Waals surface area contributed by atoms with Gasteiger partial charge in [0, 0.05) is 52.1 Å². The number of piperazine rings is 1. The molecule has 31 heavy (non-hydrogen) atoms. The van der Waals surface area contributed by atoms with Gasteiger partial charge in [0.25, 0.3) is 5.89 Å². The minimum Gasteiger partial charge on any atom is -0.419 e. The van der Waals surface area contributed by atoms with Crippen molar-refractivity contribution < 1.29 is 9.21 Å². The molecule has 0 spiro atoms. The largest absolute Gasteiger partial charge is 0.419 e. The van der Waals surface area contributed by atoms with E-state index in [0.717, 1.165) is 50.7 Å². The van der Waals surface area contributed by atoms with Crippen LogP contribution in [0.15, 0.2) is 34.7 Å². The number of hydrogen-bond donors (Lipinski definition) is 0. The molecule has 1 fully saturated rings. The predicted octanol–water partition coefficient (Wildman–Crippen LogP) is 2.85. The van der Waals surface area contributed by atoms with E-state index in [0.29, 0.717) is 24.6 Å². The molecule has 8 nitrogen and oxygen atoms in total. The lowest BCUT2D eigenvalue weighted by molar-refractivity contribution is -0.133. The number of amides is 1. The van der Waals surface area contributed by atoms with E-state index < -0.39 is 0 Å². The lowest BCUT2D eigenvalue weighted by Gasteiger charge is -2.34. The molecular formula is C23H30N6O2. The highest BCUT2D eigenvalue weighted by Gasteiger charge is 2.22. The van der Waals surface area contributed by atoms with E-state index in [2.05, 4.69) is 51.4 Å². The Bertz CT molecular complexity index is 1030. The standard InChI is InChI=1S/C23H30N6O2/c1-4-29-20(15-18(3)26-29)23-25-24-21(31-23)8-9-22(30)28-12-10-27(11-13-28)16-19-7-5-6-17(2)14-19/h5-7,14-15H,4,8-13,16H2,1-3H3. The number of benzene rings is 1. The molecule has 0 unspecified atom stereocenters. The summed E-state index contributed by atoms with van der Waals surface area (Å²) in [7, 11) is 0. The zero-order chi connectivity index (χ0) is 21.8. The van der Waals surface area contributed by atoms with Gasteiger partial charge in [-0.15, -0.1) is 10.2 Å². The van der Waals surface area contributed by atoms with Gasteiger partial charge < -0.3 is 9.32 Å². The normalized spacial score (nSPS) is 14.9. The summed E-state index contributed by atoms with van der Waals surface area (Å²) < 4.78 is 7.64. The van der Waals surface area contributed by atoms with E-state index in [1.165, 1.54) is 11.1 Å². The van der Waals surface area contributed by atoms with Gasteiger partial charge in [0.2, 0.25) is 11.8 Å². The van der Waals surface area contributed by atoms with Crippen LogP contribution in [0.4, 0.5) is 0 Å². The minimum absolute atomic E-state index is 0.143.